The van der Waals surface area contributed by atoms with E-state index in [9.17, 15) is 0 Å². The third-order valence-corrected chi connectivity index (χ3v) is 2.81. The maximum Gasteiger partial charge on any atom is 0.0431 e. The van der Waals surface area contributed by atoms with Gasteiger partial charge in [0.05, 0.1) is 0 Å². The number of hydrogen-bond acceptors (Lipinski definition) is 1. The van der Waals surface area contributed by atoms with Crippen LogP contribution in [0.4, 0.5) is 0 Å². The molecule has 0 saturated heterocycles. The van der Waals surface area contributed by atoms with Crippen molar-refractivity contribution in [3.63, 3.8) is 0 Å². The number of fused-ring (bicyclic) bond motifs is 1. The summed E-state index contributed by atoms with van der Waals surface area (Å²) in [6.45, 7) is 0.324. The van der Waals surface area contributed by atoms with Crippen LogP contribution in [0.25, 0.3) is 0 Å². The van der Waals surface area contributed by atoms with Gasteiger partial charge in [-0.2, -0.15) is 0 Å². The monoisotopic (exact) mass is 176 g/mol. The summed E-state index contributed by atoms with van der Waals surface area (Å²) in [5.41, 5.74) is 4.51. The van der Waals surface area contributed by atoms with E-state index < -0.39 is 0 Å². The third-order valence-electron chi connectivity index (χ3n) is 2.81. The number of unbranched alkanes of at least 4 members (excludes halogenated alkanes) is 1. The zero-order valence-corrected chi connectivity index (χ0v) is 7.92. The molecule has 1 aliphatic carbocycles. The molecule has 1 heteroatoms. The zero-order chi connectivity index (χ0) is 9.10. The van der Waals surface area contributed by atoms with E-state index in [0.717, 1.165) is 19.3 Å². The highest BCUT2D eigenvalue weighted by Gasteiger charge is 2.12. The Kier molecular flexibility index (Phi) is 2.65. The van der Waals surface area contributed by atoms with Crippen molar-refractivity contribution in [2.45, 2.75) is 32.1 Å². The molecule has 0 radical (unpaired) electrons. The summed E-state index contributed by atoms with van der Waals surface area (Å²) in [6.07, 6.45) is 5.69. The van der Waals surface area contributed by atoms with Gasteiger partial charge in [0.1, 0.15) is 0 Å². The van der Waals surface area contributed by atoms with E-state index >= 15 is 0 Å². The Hall–Kier alpha value is -0.820. The van der Waals surface area contributed by atoms with Gasteiger partial charge in [-0.15, -0.1) is 0 Å². The van der Waals surface area contributed by atoms with E-state index in [-0.39, 0.29) is 0 Å². The summed E-state index contributed by atoms with van der Waals surface area (Å²) < 4.78 is 0. The number of hydrogen-bond donors (Lipinski definition) is 1. The van der Waals surface area contributed by atoms with Gasteiger partial charge in [0.25, 0.3) is 0 Å². The molecule has 0 spiro atoms. The Bertz CT molecular complexity index is 291. The number of aryl methyl sites for hydroxylation is 3. The van der Waals surface area contributed by atoms with Crippen LogP contribution in [0.5, 0.6) is 0 Å². The molecule has 0 aliphatic heterocycles. The Morgan fingerprint density at radius 2 is 1.92 bits per heavy atom. The largest absolute Gasteiger partial charge is 0.396 e. The Labute approximate surface area is 79.4 Å². The van der Waals surface area contributed by atoms with E-state index in [4.69, 9.17) is 5.11 Å². The Balaban J connectivity index is 1.93. The summed E-state index contributed by atoms with van der Waals surface area (Å²) in [5.74, 6) is 0. The lowest BCUT2D eigenvalue weighted by molar-refractivity contribution is 0.284. The molecule has 0 saturated carbocycles. The molecule has 1 aliphatic rings. The fourth-order valence-electron chi connectivity index (χ4n) is 1.84. The molecule has 70 valence electrons. The highest BCUT2D eigenvalue weighted by Crippen LogP contribution is 2.24. The first-order valence-corrected chi connectivity index (χ1v) is 5.11. The molecule has 1 aromatic carbocycles. The second kappa shape index (κ2) is 3.93. The summed E-state index contributed by atoms with van der Waals surface area (Å²) >= 11 is 0. The standard InChI is InChI=1S/C12H16O/c13-8-2-1-3-10-4-5-11-6-7-12(11)9-10/h4-5,9,13H,1-3,6-8H2. The van der Waals surface area contributed by atoms with Crippen molar-refractivity contribution in [2.24, 2.45) is 0 Å². The summed E-state index contributed by atoms with van der Waals surface area (Å²) in [5, 5.41) is 8.65. The van der Waals surface area contributed by atoms with Crippen molar-refractivity contribution in [1.29, 1.82) is 0 Å². The number of rotatable bonds is 4. The fraction of sp³-hybridized carbons (Fsp3) is 0.500. The van der Waals surface area contributed by atoms with Crippen LogP contribution in [0.1, 0.15) is 29.5 Å². The second-order valence-corrected chi connectivity index (χ2v) is 3.78. The zero-order valence-electron chi connectivity index (χ0n) is 7.92. The average Bonchev–Trinajstić information content (AvgIpc) is 2.10. The predicted molar refractivity (Wildman–Crippen MR) is 53.9 cm³/mol. The van der Waals surface area contributed by atoms with Gasteiger partial charge in [-0.05, 0) is 48.8 Å². The highest BCUT2D eigenvalue weighted by molar-refractivity contribution is 5.38. The molecule has 0 atom stereocenters. The summed E-state index contributed by atoms with van der Waals surface area (Å²) in [6, 6.07) is 6.82. The minimum absolute atomic E-state index is 0.324. The maximum atomic E-state index is 8.65. The first kappa shape index (κ1) is 8.76. The van der Waals surface area contributed by atoms with Crippen molar-refractivity contribution in [3.8, 4) is 0 Å². The van der Waals surface area contributed by atoms with Crippen LogP contribution in [0.2, 0.25) is 0 Å². The van der Waals surface area contributed by atoms with Gasteiger partial charge in [0, 0.05) is 6.61 Å². The number of benzene rings is 1. The lowest BCUT2D eigenvalue weighted by Crippen LogP contribution is -2.08. The van der Waals surface area contributed by atoms with Crippen LogP contribution in [0, 0.1) is 0 Å². The molecule has 0 heterocycles. The Morgan fingerprint density at radius 1 is 1.08 bits per heavy atom. The van der Waals surface area contributed by atoms with E-state index in [0.29, 0.717) is 6.61 Å². The van der Waals surface area contributed by atoms with Gasteiger partial charge in [0.2, 0.25) is 0 Å². The summed E-state index contributed by atoms with van der Waals surface area (Å²) in [7, 11) is 0. The fourth-order valence-corrected chi connectivity index (χ4v) is 1.84. The van der Waals surface area contributed by atoms with Gasteiger partial charge in [-0.25, -0.2) is 0 Å². The third kappa shape index (κ3) is 1.92. The lowest BCUT2D eigenvalue weighted by Gasteiger charge is -2.19. The van der Waals surface area contributed by atoms with E-state index in [1.54, 1.807) is 5.56 Å². The van der Waals surface area contributed by atoms with Gasteiger partial charge < -0.3 is 5.11 Å². The molecule has 0 unspecified atom stereocenters. The van der Waals surface area contributed by atoms with Gasteiger partial charge in [0.15, 0.2) is 0 Å². The van der Waals surface area contributed by atoms with Crippen LogP contribution in [-0.4, -0.2) is 11.7 Å². The molecule has 2 rings (SSSR count). The smallest absolute Gasteiger partial charge is 0.0431 e. The first-order chi connectivity index (χ1) is 6.40. The van der Waals surface area contributed by atoms with Crippen LogP contribution >= 0.6 is 0 Å². The molecule has 0 aromatic heterocycles. The van der Waals surface area contributed by atoms with Crippen molar-refractivity contribution >= 4 is 0 Å². The average molecular weight is 176 g/mol. The number of aliphatic hydroxyl groups excluding tert-OH is 1. The first-order valence-electron chi connectivity index (χ1n) is 5.11. The van der Waals surface area contributed by atoms with E-state index in [1.165, 1.54) is 24.0 Å². The topological polar surface area (TPSA) is 20.2 Å². The molecular formula is C12H16O. The normalized spacial score (nSPS) is 13.6. The van der Waals surface area contributed by atoms with Gasteiger partial charge >= 0.3 is 0 Å². The molecule has 1 aromatic rings. The Morgan fingerprint density at radius 3 is 2.54 bits per heavy atom. The van der Waals surface area contributed by atoms with Gasteiger partial charge in [-0.1, -0.05) is 18.2 Å². The van der Waals surface area contributed by atoms with Crippen molar-refractivity contribution < 1.29 is 5.11 Å². The molecule has 0 fully saturated rings. The molecule has 0 bridgehead atoms. The number of aliphatic hydroxyl groups is 1. The predicted octanol–water partition coefficient (Wildman–Crippen LogP) is 2.10. The van der Waals surface area contributed by atoms with Crippen molar-refractivity contribution in [1.82, 2.24) is 0 Å². The van der Waals surface area contributed by atoms with Crippen molar-refractivity contribution in [3.05, 3.63) is 34.9 Å². The van der Waals surface area contributed by atoms with Crippen LogP contribution in [0.3, 0.4) is 0 Å². The molecular weight excluding hydrogens is 160 g/mol. The van der Waals surface area contributed by atoms with Crippen LogP contribution < -0.4 is 0 Å². The van der Waals surface area contributed by atoms with E-state index in [1.807, 2.05) is 0 Å². The second-order valence-electron chi connectivity index (χ2n) is 3.78. The quantitative estimate of drug-likeness (QED) is 0.696. The van der Waals surface area contributed by atoms with Crippen molar-refractivity contribution in [2.75, 3.05) is 6.61 Å². The molecule has 1 nitrogen and oxygen atoms in total. The maximum absolute atomic E-state index is 8.65. The molecule has 13 heavy (non-hydrogen) atoms. The van der Waals surface area contributed by atoms with Crippen LogP contribution in [0.15, 0.2) is 18.2 Å². The van der Waals surface area contributed by atoms with Crippen LogP contribution in [-0.2, 0) is 19.3 Å². The van der Waals surface area contributed by atoms with E-state index in [2.05, 4.69) is 18.2 Å². The minimum atomic E-state index is 0.324. The lowest BCUT2D eigenvalue weighted by atomic mass is 9.86. The highest BCUT2D eigenvalue weighted by atomic mass is 16.2. The SMILES string of the molecule is OCCCCc1ccc2c(c1)CC2. The minimum Gasteiger partial charge on any atom is -0.396 e. The molecule has 1 N–H and O–H groups in total. The summed E-state index contributed by atoms with van der Waals surface area (Å²) in [4.78, 5) is 0. The molecule has 0 amide bonds. The van der Waals surface area contributed by atoms with Gasteiger partial charge in [-0.3, -0.25) is 0 Å².